The van der Waals surface area contributed by atoms with Crippen LogP contribution in [-0.4, -0.2) is 48.1 Å². The highest BCUT2D eigenvalue weighted by atomic mass is 127. The van der Waals surface area contributed by atoms with Crippen LogP contribution in [0, 0.1) is 6.92 Å². The Balaban J connectivity index is 0.00000529. The zero-order valence-corrected chi connectivity index (χ0v) is 18.3. The van der Waals surface area contributed by atoms with Crippen LogP contribution in [0.25, 0.3) is 0 Å². The molecule has 0 aliphatic rings. The number of nitrogens with one attached hydrogen (secondary N) is 2. The summed E-state index contributed by atoms with van der Waals surface area (Å²) in [6.07, 6.45) is 1.10. The molecular formula is C18H34IN5. The summed E-state index contributed by atoms with van der Waals surface area (Å²) in [5.74, 6) is 0.828. The normalized spacial score (nSPS) is 11.8. The average Bonchev–Trinajstić information content (AvgIpc) is 2.49. The Morgan fingerprint density at radius 3 is 2.38 bits per heavy atom. The van der Waals surface area contributed by atoms with Gasteiger partial charge in [0.2, 0.25) is 0 Å². The number of aliphatic imine (C=N–C) groups is 1. The molecule has 0 spiro atoms. The van der Waals surface area contributed by atoms with Crippen molar-refractivity contribution < 1.29 is 0 Å². The first-order valence-electron chi connectivity index (χ1n) is 8.56. The van der Waals surface area contributed by atoms with Crippen molar-refractivity contribution in [3.8, 4) is 0 Å². The van der Waals surface area contributed by atoms with Gasteiger partial charge in [0.15, 0.2) is 5.96 Å². The maximum atomic E-state index is 4.49. The lowest BCUT2D eigenvalue weighted by molar-refractivity contribution is 0.173. The monoisotopic (exact) mass is 447 g/mol. The molecule has 0 amide bonds. The number of aryl methyl sites for hydroxylation is 1. The summed E-state index contributed by atoms with van der Waals surface area (Å²) in [4.78, 5) is 11.3. The van der Waals surface area contributed by atoms with Crippen LogP contribution in [0.5, 0.6) is 0 Å². The molecule has 0 unspecified atom stereocenters. The van der Waals surface area contributed by atoms with E-state index in [-0.39, 0.29) is 24.0 Å². The molecule has 0 aromatic carbocycles. The summed E-state index contributed by atoms with van der Waals surface area (Å²) >= 11 is 0. The Morgan fingerprint density at radius 1 is 1.17 bits per heavy atom. The van der Waals surface area contributed by atoms with Crippen LogP contribution >= 0.6 is 24.0 Å². The van der Waals surface area contributed by atoms with Gasteiger partial charge < -0.3 is 10.6 Å². The van der Waals surface area contributed by atoms with Crippen molar-refractivity contribution >= 4 is 29.9 Å². The van der Waals surface area contributed by atoms with E-state index in [4.69, 9.17) is 0 Å². The van der Waals surface area contributed by atoms with Crippen molar-refractivity contribution in [2.75, 3.05) is 20.1 Å². The van der Waals surface area contributed by atoms with Gasteiger partial charge >= 0.3 is 0 Å². The Bertz CT molecular complexity index is 480. The molecule has 0 radical (unpaired) electrons. The van der Waals surface area contributed by atoms with Gasteiger partial charge in [-0.2, -0.15) is 0 Å². The fraction of sp³-hybridized carbons (Fsp3) is 0.667. The van der Waals surface area contributed by atoms with Crippen LogP contribution in [-0.2, 0) is 6.54 Å². The van der Waals surface area contributed by atoms with E-state index in [0.717, 1.165) is 36.9 Å². The first kappa shape index (κ1) is 23.1. The van der Waals surface area contributed by atoms with Gasteiger partial charge in [-0.05, 0) is 53.2 Å². The predicted molar refractivity (Wildman–Crippen MR) is 114 cm³/mol. The molecule has 24 heavy (non-hydrogen) atoms. The third kappa shape index (κ3) is 8.82. The van der Waals surface area contributed by atoms with Gasteiger partial charge in [-0.15, -0.1) is 24.0 Å². The molecule has 0 atom stereocenters. The van der Waals surface area contributed by atoms with E-state index in [1.165, 1.54) is 0 Å². The molecule has 2 N–H and O–H groups in total. The second kappa shape index (κ2) is 12.5. The largest absolute Gasteiger partial charge is 0.356 e. The van der Waals surface area contributed by atoms with Crippen molar-refractivity contribution in [3.63, 3.8) is 0 Å². The van der Waals surface area contributed by atoms with E-state index >= 15 is 0 Å². The highest BCUT2D eigenvalue weighted by Gasteiger charge is 2.12. The van der Waals surface area contributed by atoms with Gasteiger partial charge in [0.05, 0.1) is 12.2 Å². The fourth-order valence-electron chi connectivity index (χ4n) is 2.67. The minimum Gasteiger partial charge on any atom is -0.356 e. The smallest absolute Gasteiger partial charge is 0.191 e. The number of rotatable bonds is 8. The minimum atomic E-state index is 0. The lowest BCUT2D eigenvalue weighted by Crippen LogP contribution is -2.41. The zero-order valence-electron chi connectivity index (χ0n) is 16.0. The van der Waals surface area contributed by atoms with Crippen LogP contribution in [0.15, 0.2) is 23.2 Å². The lowest BCUT2D eigenvalue weighted by Gasteiger charge is -2.30. The van der Waals surface area contributed by atoms with Crippen molar-refractivity contribution in [2.45, 2.75) is 59.7 Å². The van der Waals surface area contributed by atoms with E-state index in [9.17, 15) is 0 Å². The Morgan fingerprint density at radius 2 is 1.83 bits per heavy atom. The molecule has 1 aromatic rings. The molecule has 138 valence electrons. The van der Waals surface area contributed by atoms with Gasteiger partial charge in [0.1, 0.15) is 0 Å². The standard InChI is InChI=1S/C18H33N5.HI/c1-14(2)23(15(3)4)12-8-11-20-18(19-6)21-13-17-10-7-9-16(5)22-17;/h7,9-10,14-15H,8,11-13H2,1-6H3,(H2,19,20,21);1H. The molecule has 0 aliphatic heterocycles. The summed E-state index contributed by atoms with van der Waals surface area (Å²) in [6, 6.07) is 7.23. The average molecular weight is 447 g/mol. The molecule has 0 fully saturated rings. The number of nitrogens with zero attached hydrogens (tertiary/aromatic N) is 3. The van der Waals surface area contributed by atoms with Gasteiger partial charge in [-0.1, -0.05) is 6.07 Å². The van der Waals surface area contributed by atoms with E-state index < -0.39 is 0 Å². The third-order valence-electron chi connectivity index (χ3n) is 3.82. The minimum absolute atomic E-state index is 0. The molecular weight excluding hydrogens is 413 g/mol. The number of pyridine rings is 1. The topological polar surface area (TPSA) is 52.6 Å². The van der Waals surface area contributed by atoms with E-state index in [1.54, 1.807) is 7.05 Å². The second-order valence-corrected chi connectivity index (χ2v) is 6.40. The quantitative estimate of drug-likeness (QED) is 0.278. The number of guanidine groups is 1. The maximum Gasteiger partial charge on any atom is 0.191 e. The summed E-state index contributed by atoms with van der Waals surface area (Å²) in [7, 11) is 1.80. The molecule has 0 aliphatic carbocycles. The van der Waals surface area contributed by atoms with Crippen LogP contribution < -0.4 is 10.6 Å². The lowest BCUT2D eigenvalue weighted by atomic mass is 10.2. The van der Waals surface area contributed by atoms with Crippen LogP contribution in [0.4, 0.5) is 0 Å². The summed E-state index contributed by atoms with van der Waals surface area (Å²) in [6.45, 7) is 13.7. The summed E-state index contributed by atoms with van der Waals surface area (Å²) < 4.78 is 0. The van der Waals surface area contributed by atoms with E-state index in [1.807, 2.05) is 25.1 Å². The van der Waals surface area contributed by atoms with E-state index in [0.29, 0.717) is 18.6 Å². The van der Waals surface area contributed by atoms with Crippen molar-refractivity contribution in [2.24, 2.45) is 4.99 Å². The molecule has 1 heterocycles. The van der Waals surface area contributed by atoms with Crippen molar-refractivity contribution in [1.82, 2.24) is 20.5 Å². The number of hydrogen-bond acceptors (Lipinski definition) is 3. The fourth-order valence-corrected chi connectivity index (χ4v) is 2.67. The molecule has 1 aromatic heterocycles. The molecule has 6 heteroatoms. The SMILES string of the molecule is CN=C(NCCCN(C(C)C)C(C)C)NCc1cccc(C)n1.I. The number of halogens is 1. The maximum absolute atomic E-state index is 4.49. The Labute approximate surface area is 164 Å². The van der Waals surface area contributed by atoms with Crippen LogP contribution in [0.1, 0.15) is 45.5 Å². The van der Waals surface area contributed by atoms with Gasteiger partial charge in [0, 0.05) is 37.9 Å². The first-order valence-corrected chi connectivity index (χ1v) is 8.56. The van der Waals surface area contributed by atoms with E-state index in [2.05, 4.69) is 53.2 Å². The Hall–Kier alpha value is -0.890. The van der Waals surface area contributed by atoms with Crippen molar-refractivity contribution in [3.05, 3.63) is 29.6 Å². The first-order chi connectivity index (χ1) is 10.9. The number of aromatic nitrogens is 1. The molecule has 0 saturated heterocycles. The zero-order chi connectivity index (χ0) is 17.2. The molecule has 1 rings (SSSR count). The summed E-state index contributed by atoms with van der Waals surface area (Å²) in [5.41, 5.74) is 2.06. The van der Waals surface area contributed by atoms with Crippen molar-refractivity contribution in [1.29, 1.82) is 0 Å². The third-order valence-corrected chi connectivity index (χ3v) is 3.82. The van der Waals surface area contributed by atoms with Crippen LogP contribution in [0.3, 0.4) is 0 Å². The highest BCUT2D eigenvalue weighted by Crippen LogP contribution is 2.05. The predicted octanol–water partition coefficient (Wildman–Crippen LogP) is 3.18. The highest BCUT2D eigenvalue weighted by molar-refractivity contribution is 14.0. The molecule has 0 bridgehead atoms. The Kier molecular flexibility index (Phi) is 12.0. The molecule has 0 saturated carbocycles. The number of hydrogen-bond donors (Lipinski definition) is 2. The van der Waals surface area contributed by atoms with Gasteiger partial charge in [-0.25, -0.2) is 0 Å². The summed E-state index contributed by atoms with van der Waals surface area (Å²) in [5, 5.41) is 6.68. The second-order valence-electron chi connectivity index (χ2n) is 6.40. The molecule has 5 nitrogen and oxygen atoms in total. The van der Waals surface area contributed by atoms with Gasteiger partial charge in [0.25, 0.3) is 0 Å². The van der Waals surface area contributed by atoms with Gasteiger partial charge in [-0.3, -0.25) is 14.9 Å². The van der Waals surface area contributed by atoms with Crippen LogP contribution in [0.2, 0.25) is 0 Å².